The molecule has 4 aromatic heterocycles. The van der Waals surface area contributed by atoms with Gasteiger partial charge >= 0.3 is 12.2 Å². The van der Waals surface area contributed by atoms with Gasteiger partial charge in [0.1, 0.15) is 33.5 Å². The number of oxime groups is 1. The maximum Gasteiger partial charge on any atom is 0.414 e. The van der Waals surface area contributed by atoms with Crippen molar-refractivity contribution in [2.75, 3.05) is 38.4 Å². The van der Waals surface area contributed by atoms with Crippen LogP contribution < -0.4 is 16.4 Å². The lowest BCUT2D eigenvalue weighted by Gasteiger charge is -2.35. The summed E-state index contributed by atoms with van der Waals surface area (Å²) in [7, 11) is -7.16. The molecule has 0 saturated heterocycles. The lowest BCUT2D eigenvalue weighted by atomic mass is 10.0. The summed E-state index contributed by atoms with van der Waals surface area (Å²) < 4.78 is 93.8. The van der Waals surface area contributed by atoms with Crippen molar-refractivity contribution in [2.45, 2.75) is 105 Å². The second-order valence-corrected chi connectivity index (χ2v) is 31.3. The number of aromatic nitrogens is 1. The number of hydrogen-bond donors (Lipinski definition) is 4. The molecule has 5 aromatic rings. The molecule has 0 spiro atoms. The highest BCUT2D eigenvalue weighted by molar-refractivity contribution is 7.90. The number of rotatable bonds is 7. The first-order chi connectivity index (χ1) is 37.2. The summed E-state index contributed by atoms with van der Waals surface area (Å²) in [4.78, 5) is 51.5. The minimum Gasteiger partial charge on any atom is -0.444 e. The molecule has 8 rings (SSSR count). The molecule has 2 amide bonds. The van der Waals surface area contributed by atoms with Crippen molar-refractivity contribution >= 4 is 141 Å². The Hall–Kier alpha value is -5.86. The highest BCUT2D eigenvalue weighted by Gasteiger charge is 2.46. The second-order valence-electron chi connectivity index (χ2n) is 20.8. The zero-order valence-electron chi connectivity index (χ0n) is 45.6. The van der Waals surface area contributed by atoms with Gasteiger partial charge < -0.3 is 24.9 Å². The number of guanidine groups is 3. The number of ether oxygens (including phenoxy) is 2. The molecule has 24 nitrogen and oxygen atoms in total. The van der Waals surface area contributed by atoms with Gasteiger partial charge in [0.2, 0.25) is 47.9 Å². The topological polar surface area (TPSA) is 328 Å². The van der Waals surface area contributed by atoms with Gasteiger partial charge in [-0.1, -0.05) is 90.3 Å². The summed E-state index contributed by atoms with van der Waals surface area (Å²) in [5.41, 5.74) is 2.30. The normalized spacial score (nSPS) is 21.7. The van der Waals surface area contributed by atoms with Crippen molar-refractivity contribution in [1.82, 2.24) is 28.7 Å². The van der Waals surface area contributed by atoms with Gasteiger partial charge in [0.15, 0.2) is 12.0 Å². The molecule has 83 heavy (non-hydrogen) atoms. The van der Waals surface area contributed by atoms with Crippen molar-refractivity contribution in [2.24, 2.45) is 25.9 Å². The van der Waals surface area contributed by atoms with Crippen LogP contribution in [0.3, 0.4) is 0 Å². The van der Waals surface area contributed by atoms with Gasteiger partial charge in [0.05, 0.1) is 67.8 Å². The predicted molar refractivity (Wildman–Crippen MR) is 329 cm³/mol. The molecule has 0 radical (unpaired) electrons. The van der Waals surface area contributed by atoms with Crippen LogP contribution in [0, 0.1) is 0 Å². The van der Waals surface area contributed by atoms with Crippen LogP contribution in [0.25, 0.3) is 21.9 Å². The Bertz CT molecular complexity index is 3700. The summed E-state index contributed by atoms with van der Waals surface area (Å²) in [6.07, 6.45) is 0.179. The van der Waals surface area contributed by atoms with Crippen LogP contribution in [0.2, 0.25) is 15.1 Å². The molecular formula is C50H66Cl3N11O13S6. The van der Waals surface area contributed by atoms with E-state index in [1.165, 1.54) is 44.8 Å². The number of benzene rings is 1. The van der Waals surface area contributed by atoms with Gasteiger partial charge in [-0.25, -0.2) is 62.7 Å². The Morgan fingerprint density at radius 2 is 1.10 bits per heavy atom. The van der Waals surface area contributed by atoms with E-state index in [4.69, 9.17) is 59.7 Å². The molecule has 33 heteroatoms. The number of aliphatic imine (C=N–C) groups is 3. The number of halogens is 3. The lowest BCUT2D eigenvalue weighted by molar-refractivity contribution is 0.0546. The van der Waals surface area contributed by atoms with Gasteiger partial charge in [-0.15, -0.1) is 34.0 Å². The summed E-state index contributed by atoms with van der Waals surface area (Å²) in [5.74, 6) is -0.680. The smallest absolute Gasteiger partial charge is 0.414 e. The standard InChI is InChI=1S/C18H17ClN4O3S2.C15H21ClN4O5S2.C15H20ClN3O5S2.2CH4/c1-18(10-28(24,25)23(2)17(20)21-18)16-12(19)8-15(27-16)13-9-14(26-22-13)11-6-4-3-5-7-11;1-14(2,3)25-13(21)18-12-19-15(4,8-27(23,24)20(12)5)11-10(16)6-9(26-11)7-17-22;1-14(2,3)24-13(21)17-12-18-15(4,8-26(22,23)19(12)5)11-10(16)6-9(7-20)25-11;;/h3-9H,10H2,1-2H3,(H2,20,21);6-7,22H,8H2,1-5H3,(H,18,19,21);6-7H,8H2,1-5H3,(H,17,18,21);2*1H4/b;17-7+;;;/t18-;2*15-;;/m000../s1. The van der Waals surface area contributed by atoms with Crippen LogP contribution in [0.1, 0.15) is 106 Å². The zero-order valence-corrected chi connectivity index (χ0v) is 52.7. The molecule has 1 aromatic carbocycles. The summed E-state index contributed by atoms with van der Waals surface area (Å²) in [5, 5.41) is 21.5. The molecule has 0 aliphatic carbocycles. The van der Waals surface area contributed by atoms with E-state index in [9.17, 15) is 39.6 Å². The Labute approximate surface area is 510 Å². The van der Waals surface area contributed by atoms with Crippen molar-refractivity contribution < 1.29 is 58.8 Å². The number of carbonyl (C=O) groups excluding carboxylic acids is 3. The Balaban J connectivity index is 0.000000264. The number of alkyl carbamates (subject to hydrolysis) is 2. The molecule has 3 aliphatic rings. The Kier molecular flexibility index (Phi) is 21.6. The number of nitrogens with two attached hydrogens (primary N) is 1. The van der Waals surface area contributed by atoms with E-state index in [0.717, 1.165) is 46.0 Å². The quantitative estimate of drug-likeness (QED) is 0.0510. The molecule has 3 atom stereocenters. The van der Waals surface area contributed by atoms with E-state index in [2.05, 4.69) is 35.9 Å². The van der Waals surface area contributed by atoms with Crippen LogP contribution in [0.4, 0.5) is 9.59 Å². The summed E-state index contributed by atoms with van der Waals surface area (Å²) in [6, 6.07) is 16.2. The average Bonchev–Trinajstić information content (AvgIpc) is 4.38. The van der Waals surface area contributed by atoms with E-state index in [1.807, 2.05) is 36.4 Å². The molecule has 3 aliphatic heterocycles. The predicted octanol–water partition coefficient (Wildman–Crippen LogP) is 9.97. The number of nitrogens with one attached hydrogen (secondary N) is 2. The third-order valence-electron chi connectivity index (χ3n) is 11.5. The number of amides is 2. The third-order valence-corrected chi connectivity index (χ3v) is 22.6. The van der Waals surface area contributed by atoms with Crippen molar-refractivity contribution in [3.63, 3.8) is 0 Å². The van der Waals surface area contributed by atoms with Crippen molar-refractivity contribution in [3.8, 4) is 21.9 Å². The molecule has 7 heterocycles. The summed E-state index contributed by atoms with van der Waals surface area (Å²) >= 11 is 22.4. The van der Waals surface area contributed by atoms with Gasteiger partial charge in [0.25, 0.3) is 0 Å². The van der Waals surface area contributed by atoms with E-state index in [1.54, 1.807) is 74.4 Å². The molecule has 0 unspecified atom stereocenters. The Morgan fingerprint density at radius 1 is 0.687 bits per heavy atom. The number of aldehydes is 1. The van der Waals surface area contributed by atoms with Gasteiger partial charge in [-0.05, 0) is 80.5 Å². The van der Waals surface area contributed by atoms with Gasteiger partial charge in [-0.3, -0.25) is 15.4 Å². The second kappa shape index (κ2) is 25.8. The SMILES string of the molecule is C.C.CN1C(N)=N[C@](C)(c2sc(-c3cc(-c4ccccc4)on3)cc2Cl)CS1(=O)=O.CN1C(NC(=O)OC(C)(C)C)=N[C@](C)(c2sc(/C=N/O)cc2Cl)CS1(=O)=O.CN1C(NC(=O)OC(C)(C)C)=N[C@](C)(c2sc(C=O)cc2Cl)CS1(=O)=O. The molecule has 0 saturated carbocycles. The summed E-state index contributed by atoms with van der Waals surface area (Å²) in [6.45, 7) is 15.0. The fraction of sp³-hybridized carbons (Fsp3) is 0.440. The molecule has 456 valence electrons. The highest BCUT2D eigenvalue weighted by atomic mass is 35.5. The van der Waals surface area contributed by atoms with Crippen LogP contribution in [0.5, 0.6) is 0 Å². The number of carbonyl (C=O) groups is 3. The average molecular weight is 1330 g/mol. The van der Waals surface area contributed by atoms with E-state index < -0.39 is 70.1 Å². The first-order valence-corrected chi connectivity index (χ1v) is 32.1. The van der Waals surface area contributed by atoms with Gasteiger partial charge in [0, 0.05) is 32.8 Å². The van der Waals surface area contributed by atoms with E-state index in [-0.39, 0.29) is 60.0 Å². The van der Waals surface area contributed by atoms with E-state index >= 15 is 0 Å². The number of thiophene rings is 3. The number of sulfonamides is 3. The molecule has 5 N–H and O–H groups in total. The molecule has 0 bridgehead atoms. The van der Waals surface area contributed by atoms with Crippen LogP contribution in [0.15, 0.2) is 79.3 Å². The largest absolute Gasteiger partial charge is 0.444 e. The fourth-order valence-electron chi connectivity index (χ4n) is 7.82. The zero-order chi connectivity index (χ0) is 60.6. The van der Waals surface area contributed by atoms with Crippen molar-refractivity contribution in [3.05, 3.63) is 94.1 Å². The monoisotopic (exact) mass is 1330 g/mol. The molecule has 0 fully saturated rings. The van der Waals surface area contributed by atoms with Crippen LogP contribution in [-0.2, 0) is 56.2 Å². The van der Waals surface area contributed by atoms with Gasteiger partial charge in [-0.2, -0.15) is 0 Å². The first kappa shape index (κ1) is 69.6. The van der Waals surface area contributed by atoms with Crippen LogP contribution >= 0.6 is 68.8 Å². The lowest BCUT2D eigenvalue weighted by Crippen LogP contribution is -2.53. The minimum atomic E-state index is -3.78. The van der Waals surface area contributed by atoms with E-state index in [0.29, 0.717) is 47.1 Å². The Morgan fingerprint density at radius 3 is 1.52 bits per heavy atom. The number of hydrogen-bond acceptors (Lipinski definition) is 22. The van der Waals surface area contributed by atoms with Crippen molar-refractivity contribution in [1.29, 1.82) is 0 Å². The minimum absolute atomic E-state index is 0. The fourth-order valence-corrected chi connectivity index (χ4v) is 17.0. The van der Waals surface area contributed by atoms with Crippen LogP contribution in [-0.4, -0.2) is 141 Å². The molecular weight excluding hydrogens is 1260 g/mol. The maximum absolute atomic E-state index is 12.6. The first-order valence-electron chi connectivity index (χ1n) is 23.7. The highest BCUT2D eigenvalue weighted by Crippen LogP contribution is 2.46. The third kappa shape index (κ3) is 16.5. The maximum atomic E-state index is 12.6. The number of nitrogens with zero attached hydrogens (tertiary/aromatic N) is 8.